The summed E-state index contributed by atoms with van der Waals surface area (Å²) < 4.78 is 27.0. The van der Waals surface area contributed by atoms with Crippen LogP contribution in [0.25, 0.3) is 0 Å². The first-order valence-electron chi connectivity index (χ1n) is 10.2. The van der Waals surface area contributed by atoms with Crippen molar-refractivity contribution in [2.45, 2.75) is 56.8 Å². The van der Waals surface area contributed by atoms with Gasteiger partial charge in [0.25, 0.3) is 0 Å². The van der Waals surface area contributed by atoms with Gasteiger partial charge in [-0.15, -0.1) is 0 Å². The van der Waals surface area contributed by atoms with E-state index in [1.165, 1.54) is 0 Å². The number of carbonyl (C=O) groups excluding carboxylic acids is 1. The number of hydrogen-bond donors (Lipinski definition) is 1. The highest BCUT2D eigenvalue weighted by molar-refractivity contribution is 7.89. The van der Waals surface area contributed by atoms with Crippen LogP contribution in [0.4, 0.5) is 5.69 Å². The summed E-state index contributed by atoms with van der Waals surface area (Å²) >= 11 is 0. The fourth-order valence-corrected chi connectivity index (χ4v) is 5.18. The number of para-hydroxylation sites is 1. The molecule has 1 aliphatic rings. The molecular weight excluding hydrogens is 384 g/mol. The number of benzene rings is 2. The molecule has 6 heteroatoms. The molecule has 0 aromatic heterocycles. The molecule has 29 heavy (non-hydrogen) atoms. The number of hydrogen-bond acceptors (Lipinski definition) is 3. The molecule has 1 fully saturated rings. The Morgan fingerprint density at radius 1 is 0.966 bits per heavy atom. The van der Waals surface area contributed by atoms with Crippen molar-refractivity contribution in [3.05, 3.63) is 59.7 Å². The fourth-order valence-electron chi connectivity index (χ4n) is 3.66. The maximum atomic E-state index is 12.7. The first-order chi connectivity index (χ1) is 13.7. The highest BCUT2D eigenvalue weighted by atomic mass is 32.2. The number of rotatable bonds is 5. The van der Waals surface area contributed by atoms with E-state index >= 15 is 0 Å². The van der Waals surface area contributed by atoms with E-state index in [9.17, 15) is 13.2 Å². The average molecular weight is 415 g/mol. The van der Waals surface area contributed by atoms with Crippen molar-refractivity contribution in [3.63, 3.8) is 0 Å². The molecular formula is C23H30N2O3S. The second-order valence-corrected chi connectivity index (χ2v) is 10.6. The van der Waals surface area contributed by atoms with Gasteiger partial charge in [-0.2, -0.15) is 4.31 Å². The zero-order valence-corrected chi connectivity index (χ0v) is 18.3. The van der Waals surface area contributed by atoms with Gasteiger partial charge in [-0.1, -0.05) is 57.5 Å². The van der Waals surface area contributed by atoms with Crippen molar-refractivity contribution < 1.29 is 13.2 Å². The van der Waals surface area contributed by atoms with Crippen molar-refractivity contribution in [2.24, 2.45) is 0 Å². The van der Waals surface area contributed by atoms with E-state index in [-0.39, 0.29) is 17.7 Å². The Kier molecular flexibility index (Phi) is 6.44. The largest absolute Gasteiger partial charge is 0.326 e. The Bertz CT molecular complexity index is 954. The van der Waals surface area contributed by atoms with Crippen LogP contribution in [0.5, 0.6) is 0 Å². The predicted molar refractivity (Wildman–Crippen MR) is 117 cm³/mol. The first-order valence-corrected chi connectivity index (χ1v) is 11.6. The van der Waals surface area contributed by atoms with E-state index < -0.39 is 10.0 Å². The van der Waals surface area contributed by atoms with Gasteiger partial charge in [0.05, 0.1) is 11.3 Å². The van der Waals surface area contributed by atoms with Gasteiger partial charge in [0.15, 0.2) is 0 Å². The summed E-state index contributed by atoms with van der Waals surface area (Å²) in [5.41, 5.74) is 2.60. The maximum Gasteiger partial charge on any atom is 0.243 e. The Morgan fingerprint density at radius 3 is 2.21 bits per heavy atom. The van der Waals surface area contributed by atoms with Crippen LogP contribution in [0, 0.1) is 0 Å². The number of anilines is 1. The number of sulfonamides is 1. The van der Waals surface area contributed by atoms with Gasteiger partial charge in [-0.05, 0) is 47.6 Å². The van der Waals surface area contributed by atoms with E-state index in [4.69, 9.17) is 0 Å². The van der Waals surface area contributed by atoms with E-state index in [0.717, 1.165) is 36.1 Å². The molecule has 2 aromatic rings. The van der Waals surface area contributed by atoms with Gasteiger partial charge in [-0.3, -0.25) is 4.79 Å². The van der Waals surface area contributed by atoms with Gasteiger partial charge in [0.1, 0.15) is 0 Å². The molecule has 2 aromatic carbocycles. The summed E-state index contributed by atoms with van der Waals surface area (Å²) in [5, 5.41) is 3.00. The summed E-state index contributed by atoms with van der Waals surface area (Å²) in [5.74, 6) is -0.117. The number of amides is 1. The van der Waals surface area contributed by atoms with Crippen LogP contribution in [0.2, 0.25) is 0 Å². The van der Waals surface area contributed by atoms with Crippen molar-refractivity contribution >= 4 is 21.6 Å². The first kappa shape index (κ1) is 21.5. The van der Waals surface area contributed by atoms with Crippen LogP contribution < -0.4 is 5.32 Å². The quantitative estimate of drug-likeness (QED) is 0.791. The Hall–Kier alpha value is -2.18. The molecule has 0 radical (unpaired) electrons. The minimum absolute atomic E-state index is 0.0751. The topological polar surface area (TPSA) is 66.5 Å². The van der Waals surface area contributed by atoms with Crippen molar-refractivity contribution in [2.75, 3.05) is 18.4 Å². The third-order valence-corrected chi connectivity index (χ3v) is 7.16. The Balaban J connectivity index is 1.68. The van der Waals surface area contributed by atoms with Crippen LogP contribution >= 0.6 is 0 Å². The molecule has 1 N–H and O–H groups in total. The van der Waals surface area contributed by atoms with Crippen LogP contribution in [-0.2, 0) is 26.7 Å². The molecule has 0 bridgehead atoms. The van der Waals surface area contributed by atoms with Crippen LogP contribution in [-0.4, -0.2) is 31.7 Å². The lowest BCUT2D eigenvalue weighted by Crippen LogP contribution is -2.35. The average Bonchev–Trinajstić information content (AvgIpc) is 2.68. The van der Waals surface area contributed by atoms with Crippen LogP contribution in [0.3, 0.4) is 0 Å². The minimum Gasteiger partial charge on any atom is -0.326 e. The Labute approximate surface area is 174 Å². The zero-order valence-electron chi connectivity index (χ0n) is 17.4. The summed E-state index contributed by atoms with van der Waals surface area (Å²) in [6, 6.07) is 14.5. The van der Waals surface area contributed by atoms with E-state index in [1.54, 1.807) is 28.6 Å². The summed E-state index contributed by atoms with van der Waals surface area (Å²) in [7, 11) is -3.45. The third-order valence-electron chi connectivity index (χ3n) is 5.25. The number of nitrogens with one attached hydrogen (secondary N) is 1. The highest BCUT2D eigenvalue weighted by Gasteiger charge is 2.25. The van der Waals surface area contributed by atoms with Crippen LogP contribution in [0.15, 0.2) is 53.4 Å². The van der Waals surface area contributed by atoms with Gasteiger partial charge in [0.2, 0.25) is 15.9 Å². The summed E-state index contributed by atoms with van der Waals surface area (Å²) in [6.45, 7) is 7.50. The SMILES string of the molecule is CC(C)(C)c1ccccc1NC(=O)Cc1ccc(S(=O)(=O)N2CCCCC2)cc1. The second-order valence-electron chi connectivity index (χ2n) is 8.63. The fraction of sp³-hybridized carbons (Fsp3) is 0.435. The van der Waals surface area contributed by atoms with Gasteiger partial charge >= 0.3 is 0 Å². The van der Waals surface area contributed by atoms with Crippen LogP contribution in [0.1, 0.15) is 51.2 Å². The predicted octanol–water partition coefficient (Wildman–Crippen LogP) is 4.34. The molecule has 156 valence electrons. The minimum atomic E-state index is -3.45. The number of carbonyl (C=O) groups is 1. The zero-order chi connectivity index (χ0) is 21.1. The lowest BCUT2D eigenvalue weighted by molar-refractivity contribution is -0.115. The van der Waals surface area contributed by atoms with E-state index in [1.807, 2.05) is 24.3 Å². The van der Waals surface area contributed by atoms with Crippen molar-refractivity contribution in [3.8, 4) is 0 Å². The van der Waals surface area contributed by atoms with E-state index in [2.05, 4.69) is 26.1 Å². The summed E-state index contributed by atoms with van der Waals surface area (Å²) in [6.07, 6.45) is 3.10. The molecule has 0 unspecified atom stereocenters. The maximum absolute atomic E-state index is 12.7. The molecule has 0 spiro atoms. The lowest BCUT2D eigenvalue weighted by atomic mass is 9.86. The molecule has 5 nitrogen and oxygen atoms in total. The number of nitrogens with zero attached hydrogens (tertiary/aromatic N) is 1. The molecule has 0 atom stereocenters. The molecule has 1 amide bonds. The molecule has 1 heterocycles. The standard InChI is InChI=1S/C23H30N2O3S/c1-23(2,3)20-9-5-6-10-21(20)24-22(26)17-18-11-13-19(14-12-18)29(27,28)25-15-7-4-8-16-25/h5-6,9-14H,4,7-8,15-17H2,1-3H3,(H,24,26). The lowest BCUT2D eigenvalue weighted by Gasteiger charge is -2.25. The molecule has 0 saturated carbocycles. The highest BCUT2D eigenvalue weighted by Crippen LogP contribution is 2.29. The second kappa shape index (κ2) is 8.67. The smallest absolute Gasteiger partial charge is 0.243 e. The number of piperidine rings is 1. The molecule has 3 rings (SSSR count). The van der Waals surface area contributed by atoms with Gasteiger partial charge in [0, 0.05) is 18.8 Å². The van der Waals surface area contributed by atoms with E-state index in [0.29, 0.717) is 18.0 Å². The Morgan fingerprint density at radius 2 is 1.59 bits per heavy atom. The third kappa shape index (κ3) is 5.25. The molecule has 0 aliphatic carbocycles. The normalized spacial score (nSPS) is 15.8. The van der Waals surface area contributed by atoms with Crippen molar-refractivity contribution in [1.29, 1.82) is 0 Å². The van der Waals surface area contributed by atoms with Gasteiger partial charge < -0.3 is 5.32 Å². The monoisotopic (exact) mass is 414 g/mol. The molecule has 1 aliphatic heterocycles. The molecule has 1 saturated heterocycles. The summed E-state index contributed by atoms with van der Waals surface area (Å²) in [4.78, 5) is 12.8. The van der Waals surface area contributed by atoms with Gasteiger partial charge in [-0.25, -0.2) is 8.42 Å². The van der Waals surface area contributed by atoms with Crippen molar-refractivity contribution in [1.82, 2.24) is 4.31 Å².